The lowest BCUT2D eigenvalue weighted by atomic mass is 9.73. The van der Waals surface area contributed by atoms with Gasteiger partial charge in [-0.3, -0.25) is 18.7 Å². The van der Waals surface area contributed by atoms with Crippen molar-refractivity contribution in [1.29, 1.82) is 0 Å². The zero-order chi connectivity index (χ0) is 25.3. The van der Waals surface area contributed by atoms with Crippen LogP contribution in [0.5, 0.6) is 0 Å². The first-order valence-electron chi connectivity index (χ1n) is 10.3. The summed E-state index contributed by atoms with van der Waals surface area (Å²) in [6.45, 7) is 0. The van der Waals surface area contributed by atoms with Crippen LogP contribution in [0.2, 0.25) is 0 Å². The van der Waals surface area contributed by atoms with E-state index >= 15 is 0 Å². The number of carbonyl (C=O) groups is 2. The normalized spacial score (nSPS) is 17.1. The second kappa shape index (κ2) is 7.71. The molecule has 0 spiro atoms. The number of nitrogens with zero attached hydrogens (tertiary/aromatic N) is 1. The molecule has 35 heavy (non-hydrogen) atoms. The van der Waals surface area contributed by atoms with Crippen LogP contribution in [0.25, 0.3) is 0 Å². The van der Waals surface area contributed by atoms with Crippen molar-refractivity contribution < 1.29 is 35.5 Å². The van der Waals surface area contributed by atoms with E-state index in [1.165, 1.54) is 11.0 Å². The molecule has 2 aliphatic rings. The standard InChI is InChI=1S/C23H18N2O8S2/c1-25-18-9-8-17(24-16-7-6-12(34(28,29)30)10-19(16)35(31,32)33)22-21(18)15(11-20(25)26)13-4-2-3-5-14(13)23(22)27/h2-10,15,24H,11H2,1H3,(H,28,29,30)(H,31,32,33). The van der Waals surface area contributed by atoms with Gasteiger partial charge in [0.25, 0.3) is 20.2 Å². The quantitative estimate of drug-likeness (QED) is 0.445. The number of amides is 1. The van der Waals surface area contributed by atoms with Gasteiger partial charge in [0.2, 0.25) is 5.91 Å². The Balaban J connectivity index is 1.73. The average molecular weight is 515 g/mol. The highest BCUT2D eigenvalue weighted by Crippen LogP contribution is 2.49. The molecule has 1 amide bonds. The van der Waals surface area contributed by atoms with E-state index in [9.17, 15) is 35.5 Å². The van der Waals surface area contributed by atoms with Crippen molar-refractivity contribution in [3.63, 3.8) is 0 Å². The van der Waals surface area contributed by atoms with Gasteiger partial charge in [0, 0.05) is 30.6 Å². The van der Waals surface area contributed by atoms with Crippen molar-refractivity contribution in [2.45, 2.75) is 22.1 Å². The summed E-state index contributed by atoms with van der Waals surface area (Å²) in [5.74, 6) is -0.836. The smallest absolute Gasteiger partial charge is 0.296 e. The van der Waals surface area contributed by atoms with Crippen LogP contribution in [-0.2, 0) is 25.0 Å². The Morgan fingerprint density at radius 1 is 0.914 bits per heavy atom. The summed E-state index contributed by atoms with van der Waals surface area (Å²) in [7, 11) is -8.06. The van der Waals surface area contributed by atoms with Crippen LogP contribution in [0.1, 0.15) is 39.4 Å². The summed E-state index contributed by atoms with van der Waals surface area (Å²) in [6.07, 6.45) is 0.142. The van der Waals surface area contributed by atoms with Crippen LogP contribution in [0, 0.1) is 0 Å². The number of rotatable bonds is 4. The van der Waals surface area contributed by atoms with Crippen LogP contribution in [0.3, 0.4) is 0 Å². The minimum atomic E-state index is -4.92. The highest BCUT2D eigenvalue weighted by molar-refractivity contribution is 7.86. The number of benzene rings is 3. The van der Waals surface area contributed by atoms with Gasteiger partial charge in [0.05, 0.1) is 21.8 Å². The van der Waals surface area contributed by atoms with Gasteiger partial charge in [-0.15, -0.1) is 0 Å². The molecule has 5 rings (SSSR count). The number of fused-ring (bicyclic) bond motifs is 2. The minimum absolute atomic E-state index is 0.118. The van der Waals surface area contributed by atoms with E-state index in [1.54, 1.807) is 37.4 Å². The van der Waals surface area contributed by atoms with Crippen molar-refractivity contribution in [2.24, 2.45) is 0 Å². The molecular weight excluding hydrogens is 496 g/mol. The SMILES string of the molecule is CN1C(=O)CC2c3ccccc3C(=O)c3c(Nc4ccc(S(=O)(=O)O)cc4S(=O)(=O)O)ccc1c32. The van der Waals surface area contributed by atoms with Gasteiger partial charge in [0.1, 0.15) is 4.90 Å². The summed E-state index contributed by atoms with van der Waals surface area (Å²) < 4.78 is 66.0. The third-order valence-corrected chi connectivity index (χ3v) is 8.03. The summed E-state index contributed by atoms with van der Waals surface area (Å²) in [5, 5.41) is 2.83. The van der Waals surface area contributed by atoms with Crippen molar-refractivity contribution in [3.8, 4) is 0 Å². The molecule has 0 fully saturated rings. The Morgan fingerprint density at radius 3 is 2.29 bits per heavy atom. The van der Waals surface area contributed by atoms with Gasteiger partial charge in [-0.2, -0.15) is 16.8 Å². The van der Waals surface area contributed by atoms with E-state index in [-0.39, 0.29) is 41.0 Å². The van der Waals surface area contributed by atoms with Gasteiger partial charge in [-0.1, -0.05) is 24.3 Å². The van der Waals surface area contributed by atoms with E-state index in [0.29, 0.717) is 22.9 Å². The highest BCUT2D eigenvalue weighted by atomic mass is 32.2. The predicted octanol–water partition coefficient (Wildman–Crippen LogP) is 2.97. The molecule has 0 bridgehead atoms. The lowest BCUT2D eigenvalue weighted by Crippen LogP contribution is -2.37. The van der Waals surface area contributed by atoms with Crippen molar-refractivity contribution in [1.82, 2.24) is 0 Å². The molecule has 10 nitrogen and oxygen atoms in total. The van der Waals surface area contributed by atoms with E-state index in [2.05, 4.69) is 5.32 Å². The number of hydrogen-bond donors (Lipinski definition) is 3. The molecule has 12 heteroatoms. The second-order valence-corrected chi connectivity index (χ2v) is 11.1. The topological polar surface area (TPSA) is 158 Å². The first-order chi connectivity index (χ1) is 16.4. The van der Waals surface area contributed by atoms with Crippen LogP contribution >= 0.6 is 0 Å². The number of ketones is 1. The van der Waals surface area contributed by atoms with Crippen molar-refractivity contribution >= 4 is 49.0 Å². The Bertz CT molecular complexity index is 1660. The maximum atomic E-state index is 13.6. The van der Waals surface area contributed by atoms with Gasteiger partial charge < -0.3 is 10.2 Å². The molecule has 1 heterocycles. The third-order valence-electron chi connectivity index (χ3n) is 6.29. The average Bonchev–Trinajstić information content (AvgIpc) is 2.79. The van der Waals surface area contributed by atoms with E-state index in [4.69, 9.17) is 0 Å². The molecule has 1 aliphatic heterocycles. The molecule has 3 aromatic rings. The Hall–Kier alpha value is -3.58. The zero-order valence-electron chi connectivity index (χ0n) is 18.1. The van der Waals surface area contributed by atoms with Gasteiger partial charge in [-0.25, -0.2) is 0 Å². The number of hydrogen-bond acceptors (Lipinski definition) is 7. The summed E-state index contributed by atoms with van der Waals surface area (Å²) in [5.41, 5.74) is 2.54. The summed E-state index contributed by atoms with van der Waals surface area (Å²) >= 11 is 0. The van der Waals surface area contributed by atoms with Crippen LogP contribution in [0.4, 0.5) is 17.1 Å². The maximum Gasteiger partial charge on any atom is 0.296 e. The second-order valence-electron chi connectivity index (χ2n) is 8.28. The zero-order valence-corrected chi connectivity index (χ0v) is 19.7. The first-order valence-corrected chi connectivity index (χ1v) is 13.2. The molecule has 0 aromatic heterocycles. The number of nitrogens with one attached hydrogen (secondary N) is 1. The first kappa shape index (κ1) is 23.2. The number of carbonyl (C=O) groups excluding carboxylic acids is 2. The van der Waals surface area contributed by atoms with Gasteiger partial charge in [-0.05, 0) is 41.5 Å². The maximum absolute atomic E-state index is 13.6. The molecule has 1 unspecified atom stereocenters. The highest BCUT2D eigenvalue weighted by Gasteiger charge is 2.40. The Kier molecular flexibility index (Phi) is 5.11. The fourth-order valence-electron chi connectivity index (χ4n) is 4.68. The lowest BCUT2D eigenvalue weighted by molar-refractivity contribution is -0.118. The van der Waals surface area contributed by atoms with Gasteiger partial charge in [0.15, 0.2) is 5.78 Å². The molecule has 0 saturated carbocycles. The van der Waals surface area contributed by atoms with E-state index < -0.39 is 30.0 Å². The van der Waals surface area contributed by atoms with Crippen molar-refractivity contribution in [2.75, 3.05) is 17.3 Å². The van der Waals surface area contributed by atoms with Crippen molar-refractivity contribution in [3.05, 3.63) is 76.9 Å². The fraction of sp³-hybridized carbons (Fsp3) is 0.130. The Labute approximate surface area is 200 Å². The summed E-state index contributed by atoms with van der Waals surface area (Å²) in [6, 6.07) is 12.7. The van der Waals surface area contributed by atoms with E-state index in [0.717, 1.165) is 17.7 Å². The summed E-state index contributed by atoms with van der Waals surface area (Å²) in [4.78, 5) is 26.2. The third kappa shape index (κ3) is 3.71. The monoisotopic (exact) mass is 514 g/mol. The largest absolute Gasteiger partial charge is 0.354 e. The van der Waals surface area contributed by atoms with Crippen LogP contribution < -0.4 is 10.2 Å². The van der Waals surface area contributed by atoms with Gasteiger partial charge >= 0.3 is 0 Å². The molecule has 0 saturated heterocycles. The van der Waals surface area contributed by atoms with Crippen LogP contribution in [-0.4, -0.2) is 44.7 Å². The molecule has 3 aromatic carbocycles. The molecule has 1 atom stereocenters. The fourth-order valence-corrected chi connectivity index (χ4v) is 5.94. The van der Waals surface area contributed by atoms with E-state index in [1.807, 2.05) is 0 Å². The molecule has 3 N–H and O–H groups in total. The molecular formula is C23H18N2O8S2. The lowest BCUT2D eigenvalue weighted by Gasteiger charge is -2.37. The predicted molar refractivity (Wildman–Crippen MR) is 126 cm³/mol. The molecule has 180 valence electrons. The minimum Gasteiger partial charge on any atom is -0.354 e. The molecule has 0 radical (unpaired) electrons. The molecule has 1 aliphatic carbocycles. The number of anilines is 3. The Morgan fingerprint density at radius 2 is 1.60 bits per heavy atom. The van der Waals surface area contributed by atoms with Crippen LogP contribution in [0.15, 0.2) is 64.4 Å².